The van der Waals surface area contributed by atoms with E-state index in [0.717, 1.165) is 28.3 Å². The number of methoxy groups -OCH3 is 1. The summed E-state index contributed by atoms with van der Waals surface area (Å²) in [6.07, 6.45) is 7.70. The lowest BCUT2D eigenvalue weighted by molar-refractivity contribution is -0.384. The first-order valence-electron chi connectivity index (χ1n) is 8.36. The molecule has 0 N–H and O–H groups in total. The number of nitro benzene ring substituents is 1. The average molecular weight is 358 g/mol. The molecule has 0 spiro atoms. The Labute approximate surface area is 157 Å². The van der Waals surface area contributed by atoms with Crippen LogP contribution in [0.5, 0.6) is 5.75 Å². The second-order valence-corrected chi connectivity index (χ2v) is 5.78. The second-order valence-electron chi connectivity index (χ2n) is 5.78. The number of aromatic nitrogens is 1. The van der Waals surface area contributed by atoms with Crippen LogP contribution in [-0.4, -0.2) is 17.0 Å². The van der Waals surface area contributed by atoms with Gasteiger partial charge in [-0.3, -0.25) is 10.1 Å². The first-order valence-corrected chi connectivity index (χ1v) is 8.36. The van der Waals surface area contributed by atoms with Gasteiger partial charge in [-0.05, 0) is 59.7 Å². The third kappa shape index (κ3) is 5.12. The molecule has 5 heteroatoms. The van der Waals surface area contributed by atoms with E-state index in [-0.39, 0.29) is 5.69 Å². The predicted molar refractivity (Wildman–Crippen MR) is 108 cm³/mol. The van der Waals surface area contributed by atoms with Crippen molar-refractivity contribution < 1.29 is 9.66 Å². The van der Waals surface area contributed by atoms with Crippen LogP contribution in [0.25, 0.3) is 24.3 Å². The molecule has 0 amide bonds. The van der Waals surface area contributed by atoms with Crippen LogP contribution < -0.4 is 4.74 Å². The lowest BCUT2D eigenvalue weighted by atomic mass is 10.1. The molecule has 0 fully saturated rings. The number of ether oxygens (including phenoxy) is 1. The molecule has 1 aromatic heterocycles. The van der Waals surface area contributed by atoms with Gasteiger partial charge in [-0.25, -0.2) is 4.98 Å². The normalized spacial score (nSPS) is 11.1. The largest absolute Gasteiger partial charge is 0.497 e. The van der Waals surface area contributed by atoms with E-state index in [1.807, 2.05) is 66.8 Å². The van der Waals surface area contributed by atoms with Gasteiger partial charge in [-0.1, -0.05) is 30.4 Å². The number of non-ortho nitro benzene ring substituents is 1. The van der Waals surface area contributed by atoms with Crippen LogP contribution in [0.4, 0.5) is 5.69 Å². The Hall–Kier alpha value is -3.73. The highest BCUT2D eigenvalue weighted by atomic mass is 16.6. The molecule has 5 nitrogen and oxygen atoms in total. The summed E-state index contributed by atoms with van der Waals surface area (Å²) in [4.78, 5) is 14.9. The Morgan fingerprint density at radius 1 is 0.815 bits per heavy atom. The molecular weight excluding hydrogens is 340 g/mol. The predicted octanol–water partition coefficient (Wildman–Crippen LogP) is 5.34. The van der Waals surface area contributed by atoms with E-state index < -0.39 is 4.92 Å². The highest BCUT2D eigenvalue weighted by Crippen LogP contribution is 2.15. The summed E-state index contributed by atoms with van der Waals surface area (Å²) in [6, 6.07) is 20.0. The van der Waals surface area contributed by atoms with E-state index >= 15 is 0 Å². The van der Waals surface area contributed by atoms with Crippen LogP contribution in [0.15, 0.2) is 66.7 Å². The number of nitrogens with zero attached hydrogens (tertiary/aromatic N) is 2. The molecule has 2 aromatic carbocycles. The zero-order valence-electron chi connectivity index (χ0n) is 14.8. The van der Waals surface area contributed by atoms with E-state index in [2.05, 4.69) is 4.98 Å². The molecular formula is C22H18N2O3. The van der Waals surface area contributed by atoms with Gasteiger partial charge in [0, 0.05) is 12.1 Å². The van der Waals surface area contributed by atoms with Crippen molar-refractivity contribution in [2.45, 2.75) is 0 Å². The van der Waals surface area contributed by atoms with Gasteiger partial charge in [0.25, 0.3) is 5.69 Å². The molecule has 0 radical (unpaired) electrons. The van der Waals surface area contributed by atoms with Crippen molar-refractivity contribution in [3.05, 3.63) is 99.4 Å². The van der Waals surface area contributed by atoms with Crippen molar-refractivity contribution >= 4 is 30.0 Å². The van der Waals surface area contributed by atoms with Crippen molar-refractivity contribution in [1.29, 1.82) is 0 Å². The molecule has 0 aliphatic rings. The number of benzene rings is 2. The first-order chi connectivity index (χ1) is 13.1. The molecule has 1 heterocycles. The van der Waals surface area contributed by atoms with Crippen LogP contribution in [0.3, 0.4) is 0 Å². The SMILES string of the molecule is COc1ccc(/C=C/c2cccc(/C=C/c3ccc([N+](=O)[O-])cc3)n2)cc1. The van der Waals surface area contributed by atoms with Crippen LogP contribution in [-0.2, 0) is 0 Å². The number of hydrogen-bond donors (Lipinski definition) is 0. The maximum atomic E-state index is 10.7. The average Bonchev–Trinajstić information content (AvgIpc) is 2.72. The molecule has 0 aliphatic heterocycles. The smallest absolute Gasteiger partial charge is 0.269 e. The molecule has 27 heavy (non-hydrogen) atoms. The molecule has 0 atom stereocenters. The van der Waals surface area contributed by atoms with Crippen LogP contribution in [0.2, 0.25) is 0 Å². The summed E-state index contributed by atoms with van der Waals surface area (Å²) in [5.74, 6) is 0.823. The summed E-state index contributed by atoms with van der Waals surface area (Å²) in [7, 11) is 1.64. The van der Waals surface area contributed by atoms with Gasteiger partial charge >= 0.3 is 0 Å². The highest BCUT2D eigenvalue weighted by Gasteiger charge is 2.02. The maximum Gasteiger partial charge on any atom is 0.269 e. The van der Waals surface area contributed by atoms with Gasteiger partial charge in [0.05, 0.1) is 23.4 Å². The Balaban J connectivity index is 1.70. The zero-order chi connectivity index (χ0) is 19.1. The monoisotopic (exact) mass is 358 g/mol. The Morgan fingerprint density at radius 3 is 1.81 bits per heavy atom. The molecule has 0 saturated carbocycles. The quantitative estimate of drug-likeness (QED) is 0.441. The van der Waals surface area contributed by atoms with E-state index in [1.165, 1.54) is 12.1 Å². The Bertz CT molecular complexity index is 975. The third-order valence-electron chi connectivity index (χ3n) is 3.90. The summed E-state index contributed by atoms with van der Waals surface area (Å²) in [5, 5.41) is 10.7. The van der Waals surface area contributed by atoms with Crippen molar-refractivity contribution in [3.63, 3.8) is 0 Å². The van der Waals surface area contributed by atoms with Gasteiger partial charge in [0.1, 0.15) is 5.75 Å². The second kappa shape index (κ2) is 8.58. The summed E-state index contributed by atoms with van der Waals surface area (Å²) in [6.45, 7) is 0. The Morgan fingerprint density at radius 2 is 1.33 bits per heavy atom. The minimum Gasteiger partial charge on any atom is -0.497 e. The van der Waals surface area contributed by atoms with Gasteiger partial charge < -0.3 is 4.74 Å². The van der Waals surface area contributed by atoms with Crippen molar-refractivity contribution in [3.8, 4) is 5.75 Å². The maximum absolute atomic E-state index is 10.7. The standard InChI is InChI=1S/C22H18N2O3/c1-27-22-15-9-18(10-16-22)6-12-20-4-2-3-19(23-20)11-5-17-7-13-21(14-8-17)24(25)26/h2-16H,1H3/b11-5+,12-6+. The molecule has 0 saturated heterocycles. The third-order valence-corrected chi connectivity index (χ3v) is 3.90. The molecule has 0 unspecified atom stereocenters. The van der Waals surface area contributed by atoms with E-state index in [4.69, 9.17) is 4.74 Å². The number of rotatable bonds is 6. The molecule has 0 bridgehead atoms. The number of hydrogen-bond acceptors (Lipinski definition) is 4. The Kier molecular flexibility index (Phi) is 5.74. The first kappa shape index (κ1) is 18.1. The number of pyridine rings is 1. The van der Waals surface area contributed by atoms with Gasteiger partial charge in [0.2, 0.25) is 0 Å². The topological polar surface area (TPSA) is 65.3 Å². The van der Waals surface area contributed by atoms with Crippen molar-refractivity contribution in [2.24, 2.45) is 0 Å². The zero-order valence-corrected chi connectivity index (χ0v) is 14.8. The molecule has 3 rings (SSSR count). The van der Waals surface area contributed by atoms with Crippen LogP contribution >= 0.6 is 0 Å². The number of nitro groups is 1. The van der Waals surface area contributed by atoms with E-state index in [9.17, 15) is 10.1 Å². The lowest BCUT2D eigenvalue weighted by Crippen LogP contribution is -1.87. The van der Waals surface area contributed by atoms with Gasteiger partial charge in [0.15, 0.2) is 0 Å². The highest BCUT2D eigenvalue weighted by molar-refractivity contribution is 5.71. The summed E-state index contributed by atoms with van der Waals surface area (Å²) < 4.78 is 5.15. The molecule has 134 valence electrons. The minimum atomic E-state index is -0.409. The molecule has 0 aliphatic carbocycles. The summed E-state index contributed by atoms with van der Waals surface area (Å²) in [5.41, 5.74) is 3.67. The van der Waals surface area contributed by atoms with Crippen LogP contribution in [0.1, 0.15) is 22.5 Å². The fourth-order valence-electron chi connectivity index (χ4n) is 2.44. The van der Waals surface area contributed by atoms with E-state index in [0.29, 0.717) is 0 Å². The van der Waals surface area contributed by atoms with Crippen LogP contribution in [0, 0.1) is 10.1 Å². The van der Waals surface area contributed by atoms with Gasteiger partial charge in [-0.15, -0.1) is 0 Å². The lowest BCUT2D eigenvalue weighted by Gasteiger charge is -2.00. The molecule has 3 aromatic rings. The fraction of sp³-hybridized carbons (Fsp3) is 0.0455. The van der Waals surface area contributed by atoms with E-state index in [1.54, 1.807) is 19.2 Å². The van der Waals surface area contributed by atoms with Crippen molar-refractivity contribution in [1.82, 2.24) is 4.98 Å². The van der Waals surface area contributed by atoms with Gasteiger partial charge in [-0.2, -0.15) is 0 Å². The fourth-order valence-corrected chi connectivity index (χ4v) is 2.44. The van der Waals surface area contributed by atoms with Crippen molar-refractivity contribution in [2.75, 3.05) is 7.11 Å². The summed E-state index contributed by atoms with van der Waals surface area (Å²) >= 11 is 0. The minimum absolute atomic E-state index is 0.0796.